The smallest absolute Gasteiger partial charge is 0.233 e. The second-order valence-electron chi connectivity index (χ2n) is 13.4. The van der Waals surface area contributed by atoms with Crippen LogP contribution in [0.3, 0.4) is 0 Å². The SMILES string of the molecule is NC(N)=NCCCCCc1nc(Cc2ccc(Oc3ccccc3)cc2)nc(N2CCN(c3nc(N)nc(Nc4ccc(N5CCOCC5)cc4)n3)CC2)n1. The van der Waals surface area contributed by atoms with Crippen molar-refractivity contribution in [2.24, 2.45) is 16.5 Å². The number of aromatic nitrogens is 6. The van der Waals surface area contributed by atoms with Crippen LogP contribution < -0.4 is 42.0 Å². The number of hydrogen-bond donors (Lipinski definition) is 4. The first-order valence-corrected chi connectivity index (χ1v) is 18.8. The fourth-order valence-corrected chi connectivity index (χ4v) is 6.44. The van der Waals surface area contributed by atoms with Gasteiger partial charge in [-0.1, -0.05) is 36.8 Å². The number of rotatable bonds is 15. The zero-order valence-corrected chi connectivity index (χ0v) is 30.9. The fraction of sp³-hybridized carbons (Fsp3) is 0.359. The second-order valence-corrected chi connectivity index (χ2v) is 13.4. The van der Waals surface area contributed by atoms with Gasteiger partial charge in [-0.05, 0) is 66.9 Å². The Kier molecular flexibility index (Phi) is 12.2. The minimum absolute atomic E-state index is 0.119. The number of hydrogen-bond acceptors (Lipinski definition) is 14. The number of para-hydroxylation sites is 1. The molecule has 2 aromatic heterocycles. The molecule has 0 atom stereocenters. The van der Waals surface area contributed by atoms with E-state index in [9.17, 15) is 0 Å². The van der Waals surface area contributed by atoms with Gasteiger partial charge in [0, 0.05) is 70.0 Å². The van der Waals surface area contributed by atoms with Crippen LogP contribution >= 0.6 is 0 Å². The maximum Gasteiger partial charge on any atom is 0.233 e. The van der Waals surface area contributed by atoms with Crippen LogP contribution in [-0.4, -0.2) is 94.9 Å². The Morgan fingerprint density at radius 2 is 1.35 bits per heavy atom. The lowest BCUT2D eigenvalue weighted by molar-refractivity contribution is 0.122. The number of anilines is 6. The van der Waals surface area contributed by atoms with Crippen molar-refractivity contribution in [1.29, 1.82) is 0 Å². The van der Waals surface area contributed by atoms with Gasteiger partial charge in [0.2, 0.25) is 23.8 Å². The third kappa shape index (κ3) is 10.7. The normalized spacial score (nSPS) is 14.4. The monoisotopic (exact) mass is 744 g/mol. The lowest BCUT2D eigenvalue weighted by Gasteiger charge is -2.35. The van der Waals surface area contributed by atoms with Crippen molar-refractivity contribution in [3.63, 3.8) is 0 Å². The number of piperazine rings is 1. The minimum atomic E-state index is 0.119. The molecule has 4 heterocycles. The highest BCUT2D eigenvalue weighted by Crippen LogP contribution is 2.25. The summed E-state index contributed by atoms with van der Waals surface area (Å²) < 4.78 is 11.5. The summed E-state index contributed by atoms with van der Waals surface area (Å²) in [6.07, 6.45) is 4.05. The lowest BCUT2D eigenvalue weighted by atomic mass is 10.1. The molecule has 2 aliphatic heterocycles. The maximum absolute atomic E-state index is 6.17. The molecule has 0 spiro atoms. The highest BCUT2D eigenvalue weighted by molar-refractivity contribution is 5.75. The molecule has 0 aliphatic carbocycles. The van der Waals surface area contributed by atoms with Crippen molar-refractivity contribution < 1.29 is 9.47 Å². The van der Waals surface area contributed by atoms with Crippen LogP contribution in [0.1, 0.15) is 36.5 Å². The van der Waals surface area contributed by atoms with Gasteiger partial charge in [-0.3, -0.25) is 4.99 Å². The van der Waals surface area contributed by atoms with E-state index in [0.717, 1.165) is 92.1 Å². The Bertz CT molecular complexity index is 2000. The van der Waals surface area contributed by atoms with E-state index < -0.39 is 0 Å². The van der Waals surface area contributed by atoms with Gasteiger partial charge in [-0.2, -0.15) is 24.9 Å². The predicted octanol–water partition coefficient (Wildman–Crippen LogP) is 3.91. The molecule has 3 aromatic carbocycles. The van der Waals surface area contributed by atoms with Crippen molar-refractivity contribution >= 4 is 41.1 Å². The van der Waals surface area contributed by atoms with Crippen LogP contribution in [0.25, 0.3) is 0 Å². The standard InChI is InChI=1S/C39H48N14O2/c40-35(41)43-18-6-2-5-9-33-45-34(27-28-10-16-32(17-11-28)55-31-7-3-1-4-8-31)47-38(46-33)52-19-21-53(22-20-52)39-49-36(42)48-37(50-39)44-29-12-14-30(15-13-29)51-23-25-54-26-24-51/h1,3-4,7-8,10-17H,2,5-6,9,18-27H2,(H4,40,41,43)(H3,42,44,48,49,50). The molecule has 7 N–H and O–H groups in total. The first-order valence-electron chi connectivity index (χ1n) is 18.8. The molecule has 16 nitrogen and oxygen atoms in total. The third-order valence-electron chi connectivity index (χ3n) is 9.32. The lowest BCUT2D eigenvalue weighted by Crippen LogP contribution is -2.48. The number of nitrogen functional groups attached to an aromatic ring is 1. The zero-order valence-electron chi connectivity index (χ0n) is 30.9. The number of morpholine rings is 1. The average Bonchev–Trinajstić information content (AvgIpc) is 3.21. The molecule has 2 aliphatic rings. The number of nitrogens with two attached hydrogens (primary N) is 3. The number of benzene rings is 3. The molecule has 2 fully saturated rings. The van der Waals surface area contributed by atoms with E-state index in [4.69, 9.17) is 46.6 Å². The number of guanidine groups is 1. The van der Waals surface area contributed by atoms with E-state index in [1.54, 1.807) is 0 Å². The van der Waals surface area contributed by atoms with Gasteiger partial charge in [0.25, 0.3) is 0 Å². The van der Waals surface area contributed by atoms with E-state index >= 15 is 0 Å². The van der Waals surface area contributed by atoms with Gasteiger partial charge in [0.05, 0.1) is 13.2 Å². The topological polar surface area (TPSA) is 208 Å². The zero-order chi connectivity index (χ0) is 37.8. The number of nitrogens with one attached hydrogen (secondary N) is 1. The van der Waals surface area contributed by atoms with E-state index in [1.165, 1.54) is 0 Å². The van der Waals surface area contributed by atoms with E-state index in [-0.39, 0.29) is 11.9 Å². The van der Waals surface area contributed by atoms with Gasteiger partial charge >= 0.3 is 0 Å². The number of aryl methyl sites for hydroxylation is 1. The maximum atomic E-state index is 6.17. The van der Waals surface area contributed by atoms with Gasteiger partial charge in [-0.25, -0.2) is 4.98 Å². The highest BCUT2D eigenvalue weighted by atomic mass is 16.5. The molecule has 286 valence electrons. The van der Waals surface area contributed by atoms with Crippen molar-refractivity contribution in [3.05, 3.63) is 96.1 Å². The second kappa shape index (κ2) is 18.2. The van der Waals surface area contributed by atoms with Crippen LogP contribution in [0.2, 0.25) is 0 Å². The average molecular weight is 745 g/mol. The number of aliphatic imine (C=N–C) groups is 1. The van der Waals surface area contributed by atoms with Crippen LogP contribution in [0, 0.1) is 0 Å². The summed E-state index contributed by atoms with van der Waals surface area (Å²) in [6.45, 7) is 6.50. The molecule has 0 amide bonds. The molecule has 2 saturated heterocycles. The summed E-state index contributed by atoms with van der Waals surface area (Å²) in [5.74, 6) is 4.92. The summed E-state index contributed by atoms with van der Waals surface area (Å²) in [4.78, 5) is 39.0. The summed E-state index contributed by atoms with van der Waals surface area (Å²) in [5.41, 5.74) is 20.2. The first kappa shape index (κ1) is 37.0. The van der Waals surface area contributed by atoms with Crippen LogP contribution in [0.15, 0.2) is 83.9 Å². The van der Waals surface area contributed by atoms with Crippen molar-refractivity contribution in [2.75, 3.05) is 84.8 Å². The molecule has 0 unspecified atom stereocenters. The molecule has 55 heavy (non-hydrogen) atoms. The Labute approximate surface area is 320 Å². The van der Waals surface area contributed by atoms with Gasteiger partial charge < -0.3 is 46.7 Å². The van der Waals surface area contributed by atoms with Crippen LogP contribution in [0.5, 0.6) is 11.5 Å². The van der Waals surface area contributed by atoms with Crippen molar-refractivity contribution in [1.82, 2.24) is 29.9 Å². The highest BCUT2D eigenvalue weighted by Gasteiger charge is 2.23. The minimum Gasteiger partial charge on any atom is -0.457 e. The predicted molar refractivity (Wildman–Crippen MR) is 215 cm³/mol. The third-order valence-corrected chi connectivity index (χ3v) is 9.32. The summed E-state index contributed by atoms with van der Waals surface area (Å²) >= 11 is 0. The molecule has 16 heteroatoms. The Morgan fingerprint density at radius 3 is 2.05 bits per heavy atom. The van der Waals surface area contributed by atoms with E-state index in [0.29, 0.717) is 57.0 Å². The molecule has 0 radical (unpaired) electrons. The Morgan fingerprint density at radius 1 is 0.673 bits per heavy atom. The van der Waals surface area contributed by atoms with E-state index in [1.807, 2.05) is 66.7 Å². The van der Waals surface area contributed by atoms with Gasteiger partial charge in [0.15, 0.2) is 5.96 Å². The Hall–Kier alpha value is -6.29. The molecule has 0 bridgehead atoms. The van der Waals surface area contributed by atoms with Crippen molar-refractivity contribution in [3.8, 4) is 11.5 Å². The molecule has 5 aromatic rings. The summed E-state index contributed by atoms with van der Waals surface area (Å²) in [7, 11) is 0. The van der Waals surface area contributed by atoms with Gasteiger partial charge in [-0.15, -0.1) is 0 Å². The molecule has 0 saturated carbocycles. The number of unbranched alkanes of at least 4 members (excludes halogenated alkanes) is 2. The molecular weight excluding hydrogens is 697 g/mol. The van der Waals surface area contributed by atoms with Crippen molar-refractivity contribution in [2.45, 2.75) is 32.1 Å². The quantitative estimate of drug-likeness (QED) is 0.0681. The molecular formula is C39H48N14O2. The number of ether oxygens (including phenoxy) is 2. The van der Waals surface area contributed by atoms with Crippen LogP contribution in [-0.2, 0) is 17.6 Å². The van der Waals surface area contributed by atoms with Crippen LogP contribution in [0.4, 0.5) is 35.2 Å². The first-order chi connectivity index (χ1) is 26.9. The number of nitrogens with zero attached hydrogens (tertiary/aromatic N) is 10. The summed E-state index contributed by atoms with van der Waals surface area (Å²) in [6, 6.07) is 26.0. The van der Waals surface area contributed by atoms with Gasteiger partial charge in [0.1, 0.15) is 23.1 Å². The summed E-state index contributed by atoms with van der Waals surface area (Å²) in [5, 5.41) is 3.29. The largest absolute Gasteiger partial charge is 0.457 e. The fourth-order valence-electron chi connectivity index (χ4n) is 6.44. The molecule has 7 rings (SSSR count). The Balaban J connectivity index is 1.00. The van der Waals surface area contributed by atoms with E-state index in [2.05, 4.69) is 47.1 Å².